The molecule has 7 heteroatoms. The number of nitrogens with one attached hydrogen (secondary N) is 2. The molecule has 0 bridgehead atoms. The fraction of sp³-hybridized carbons (Fsp3) is 0.316. The number of benzene rings is 2. The topological polar surface area (TPSA) is 84.5 Å². The van der Waals surface area contributed by atoms with Crippen LogP contribution in [0.15, 0.2) is 36.4 Å². The third-order valence-electron chi connectivity index (χ3n) is 3.84. The van der Waals surface area contributed by atoms with Crippen molar-refractivity contribution in [3.8, 4) is 5.75 Å². The van der Waals surface area contributed by atoms with Crippen molar-refractivity contribution in [3.63, 3.8) is 0 Å². The molecule has 0 spiro atoms. The van der Waals surface area contributed by atoms with Gasteiger partial charge >= 0.3 is 0 Å². The van der Waals surface area contributed by atoms with Crippen molar-refractivity contribution in [1.29, 1.82) is 0 Å². The van der Waals surface area contributed by atoms with E-state index in [0.29, 0.717) is 24.4 Å². The molecular weight excluding hydrogens is 352 g/mol. The lowest BCUT2D eigenvalue weighted by atomic mass is 10.1. The molecule has 0 saturated carbocycles. The van der Waals surface area contributed by atoms with Gasteiger partial charge in [0.25, 0.3) is 5.91 Å². The molecule has 6 nitrogen and oxygen atoms in total. The molecule has 2 aromatic rings. The molecule has 1 amide bonds. The molecule has 0 atom stereocenters. The van der Waals surface area contributed by atoms with Crippen molar-refractivity contribution in [2.45, 2.75) is 20.8 Å². The van der Waals surface area contributed by atoms with Crippen LogP contribution in [-0.4, -0.2) is 33.7 Å². The standard InChI is InChI=1S/C19H24N2O4S/c1-13-8-9-16(12-17(13)21-26(4,23)24)19(22)20-10-11-25-18-14(2)6-5-7-15(18)3/h5-9,12,21H,10-11H2,1-4H3,(H,20,22). The second-order valence-electron chi connectivity index (χ2n) is 6.23. The fourth-order valence-corrected chi connectivity index (χ4v) is 3.14. The quantitative estimate of drug-likeness (QED) is 0.728. The van der Waals surface area contributed by atoms with Gasteiger partial charge in [0.05, 0.1) is 18.5 Å². The summed E-state index contributed by atoms with van der Waals surface area (Å²) in [6, 6.07) is 10.8. The zero-order chi connectivity index (χ0) is 19.3. The number of rotatable bonds is 7. The Hall–Kier alpha value is -2.54. The van der Waals surface area contributed by atoms with Crippen LogP contribution in [0.2, 0.25) is 0 Å². The van der Waals surface area contributed by atoms with Gasteiger partial charge in [-0.2, -0.15) is 0 Å². The highest BCUT2D eigenvalue weighted by Crippen LogP contribution is 2.22. The first-order chi connectivity index (χ1) is 12.2. The summed E-state index contributed by atoms with van der Waals surface area (Å²) in [5.74, 6) is 0.545. The largest absolute Gasteiger partial charge is 0.491 e. The third-order valence-corrected chi connectivity index (χ3v) is 4.43. The summed E-state index contributed by atoms with van der Waals surface area (Å²) >= 11 is 0. The molecule has 0 aliphatic carbocycles. The summed E-state index contributed by atoms with van der Waals surface area (Å²) in [7, 11) is -3.40. The maximum absolute atomic E-state index is 12.3. The van der Waals surface area contributed by atoms with Crippen molar-refractivity contribution in [3.05, 3.63) is 58.7 Å². The van der Waals surface area contributed by atoms with E-state index < -0.39 is 10.0 Å². The SMILES string of the molecule is Cc1ccc(C(=O)NCCOc2c(C)cccc2C)cc1NS(C)(=O)=O. The molecule has 0 fully saturated rings. The number of amides is 1. The zero-order valence-electron chi connectivity index (χ0n) is 15.4. The van der Waals surface area contributed by atoms with E-state index in [-0.39, 0.29) is 5.91 Å². The average Bonchev–Trinajstić information content (AvgIpc) is 2.54. The number of ether oxygens (including phenoxy) is 1. The van der Waals surface area contributed by atoms with E-state index in [1.165, 1.54) is 6.07 Å². The molecule has 2 N–H and O–H groups in total. The van der Waals surface area contributed by atoms with Crippen molar-refractivity contribution in [2.24, 2.45) is 0 Å². The molecule has 0 heterocycles. The summed E-state index contributed by atoms with van der Waals surface area (Å²) in [5.41, 5.74) is 3.61. The van der Waals surface area contributed by atoms with E-state index in [0.717, 1.165) is 28.7 Å². The van der Waals surface area contributed by atoms with Crippen molar-refractivity contribution < 1.29 is 17.9 Å². The van der Waals surface area contributed by atoms with Crippen LogP contribution >= 0.6 is 0 Å². The number of carbonyl (C=O) groups is 1. The molecule has 0 aliphatic heterocycles. The molecule has 0 aromatic heterocycles. The van der Waals surface area contributed by atoms with Crippen LogP contribution in [0.25, 0.3) is 0 Å². The van der Waals surface area contributed by atoms with Gasteiger partial charge in [0.2, 0.25) is 10.0 Å². The first kappa shape index (κ1) is 19.8. The first-order valence-electron chi connectivity index (χ1n) is 8.23. The van der Waals surface area contributed by atoms with Gasteiger partial charge in [0.15, 0.2) is 0 Å². The number of aryl methyl sites for hydroxylation is 3. The number of carbonyl (C=O) groups excluding carboxylic acids is 1. The summed E-state index contributed by atoms with van der Waals surface area (Å²) in [4.78, 5) is 12.3. The fourth-order valence-electron chi connectivity index (χ4n) is 2.52. The van der Waals surface area contributed by atoms with Gasteiger partial charge in [-0.15, -0.1) is 0 Å². The Morgan fingerprint density at radius 3 is 2.31 bits per heavy atom. The summed E-state index contributed by atoms with van der Waals surface area (Å²) in [5, 5.41) is 2.78. The van der Waals surface area contributed by atoms with Gasteiger partial charge < -0.3 is 10.1 Å². The normalized spacial score (nSPS) is 11.1. The second-order valence-corrected chi connectivity index (χ2v) is 7.98. The maximum atomic E-state index is 12.3. The van der Waals surface area contributed by atoms with Gasteiger partial charge in [0.1, 0.15) is 12.4 Å². The van der Waals surface area contributed by atoms with Gasteiger partial charge in [0, 0.05) is 5.56 Å². The molecule has 26 heavy (non-hydrogen) atoms. The lowest BCUT2D eigenvalue weighted by Gasteiger charge is -2.13. The molecule has 140 valence electrons. The minimum atomic E-state index is -3.40. The van der Waals surface area contributed by atoms with Crippen LogP contribution < -0.4 is 14.8 Å². The third kappa shape index (κ3) is 5.49. The number of anilines is 1. The lowest BCUT2D eigenvalue weighted by Crippen LogP contribution is -2.28. The van der Waals surface area contributed by atoms with E-state index in [1.54, 1.807) is 19.1 Å². The van der Waals surface area contributed by atoms with Crippen molar-refractivity contribution in [1.82, 2.24) is 5.32 Å². The first-order valence-corrected chi connectivity index (χ1v) is 10.1. The molecular formula is C19H24N2O4S. The monoisotopic (exact) mass is 376 g/mol. The van der Waals surface area contributed by atoms with Crippen LogP contribution in [0.3, 0.4) is 0 Å². The van der Waals surface area contributed by atoms with Gasteiger partial charge in [-0.1, -0.05) is 24.3 Å². The van der Waals surface area contributed by atoms with Crippen LogP contribution in [0.5, 0.6) is 5.75 Å². The smallest absolute Gasteiger partial charge is 0.251 e. The van der Waals surface area contributed by atoms with Crippen LogP contribution in [-0.2, 0) is 10.0 Å². The Labute approximate surface area is 154 Å². The molecule has 0 saturated heterocycles. The number of para-hydroxylation sites is 1. The van der Waals surface area contributed by atoms with E-state index in [1.807, 2.05) is 32.0 Å². The van der Waals surface area contributed by atoms with Crippen LogP contribution in [0, 0.1) is 20.8 Å². The van der Waals surface area contributed by atoms with Gasteiger partial charge in [-0.25, -0.2) is 8.42 Å². The van der Waals surface area contributed by atoms with E-state index in [4.69, 9.17) is 4.74 Å². The predicted molar refractivity (Wildman–Crippen MR) is 103 cm³/mol. The summed E-state index contributed by atoms with van der Waals surface area (Å²) < 4.78 is 31.0. The number of hydrogen-bond acceptors (Lipinski definition) is 4. The Bertz CT molecular complexity index is 888. The lowest BCUT2D eigenvalue weighted by molar-refractivity contribution is 0.0947. The van der Waals surface area contributed by atoms with Crippen LogP contribution in [0.1, 0.15) is 27.0 Å². The van der Waals surface area contributed by atoms with E-state index in [2.05, 4.69) is 10.0 Å². The van der Waals surface area contributed by atoms with Crippen molar-refractivity contribution >= 4 is 21.6 Å². The Balaban J connectivity index is 1.95. The summed E-state index contributed by atoms with van der Waals surface area (Å²) in [6.07, 6.45) is 1.07. The number of hydrogen-bond donors (Lipinski definition) is 2. The van der Waals surface area contributed by atoms with E-state index in [9.17, 15) is 13.2 Å². The number of sulfonamides is 1. The molecule has 2 aromatic carbocycles. The molecule has 0 unspecified atom stereocenters. The van der Waals surface area contributed by atoms with Crippen molar-refractivity contribution in [2.75, 3.05) is 24.1 Å². The van der Waals surface area contributed by atoms with Gasteiger partial charge in [-0.05, 0) is 49.6 Å². The highest BCUT2D eigenvalue weighted by atomic mass is 32.2. The Morgan fingerprint density at radius 1 is 1.04 bits per heavy atom. The highest BCUT2D eigenvalue weighted by Gasteiger charge is 2.11. The van der Waals surface area contributed by atoms with E-state index >= 15 is 0 Å². The molecule has 0 radical (unpaired) electrons. The Kier molecular flexibility index (Phi) is 6.26. The average molecular weight is 376 g/mol. The summed E-state index contributed by atoms with van der Waals surface area (Å²) in [6.45, 7) is 6.41. The Morgan fingerprint density at radius 2 is 1.69 bits per heavy atom. The molecule has 0 aliphatic rings. The van der Waals surface area contributed by atoms with Gasteiger partial charge in [-0.3, -0.25) is 9.52 Å². The highest BCUT2D eigenvalue weighted by molar-refractivity contribution is 7.92. The molecule has 2 rings (SSSR count). The second kappa shape index (κ2) is 8.23. The predicted octanol–water partition coefficient (Wildman–Crippen LogP) is 2.79. The minimum Gasteiger partial charge on any atom is -0.491 e. The zero-order valence-corrected chi connectivity index (χ0v) is 16.2. The minimum absolute atomic E-state index is 0.286. The van der Waals surface area contributed by atoms with Crippen LogP contribution in [0.4, 0.5) is 5.69 Å². The maximum Gasteiger partial charge on any atom is 0.251 e.